The summed E-state index contributed by atoms with van der Waals surface area (Å²) in [6, 6.07) is 9.42. The lowest BCUT2D eigenvalue weighted by Crippen LogP contribution is -2.47. The number of amides is 1. The van der Waals surface area contributed by atoms with Crippen LogP contribution in [0.15, 0.2) is 30.3 Å². The fourth-order valence-corrected chi connectivity index (χ4v) is 2.68. The van der Waals surface area contributed by atoms with Gasteiger partial charge in [0.25, 0.3) is 0 Å². The number of hydrogen-bond acceptors (Lipinski definition) is 3. The Bertz CT molecular complexity index is 519. The van der Waals surface area contributed by atoms with Crippen LogP contribution >= 0.6 is 0 Å². The largest absolute Gasteiger partial charge is 0.444 e. The van der Waals surface area contributed by atoms with Gasteiger partial charge in [-0.1, -0.05) is 30.3 Å². The molecule has 1 aliphatic rings. The molecule has 0 aromatic heterocycles. The first-order valence-electron chi connectivity index (χ1n) is 7.93. The Morgan fingerprint density at radius 3 is 2.55 bits per heavy atom. The molecule has 0 aliphatic carbocycles. The number of hydrogen-bond donors (Lipinski definition) is 0. The Hall–Kier alpha value is -1.84. The van der Waals surface area contributed by atoms with Crippen molar-refractivity contribution in [2.75, 3.05) is 6.54 Å². The van der Waals surface area contributed by atoms with Crippen LogP contribution in [0.2, 0.25) is 0 Å². The summed E-state index contributed by atoms with van der Waals surface area (Å²) >= 11 is 0. The maximum atomic E-state index is 12.5. The highest BCUT2D eigenvalue weighted by molar-refractivity contribution is 5.88. The van der Waals surface area contributed by atoms with Gasteiger partial charge in [-0.3, -0.25) is 9.69 Å². The molecule has 1 atom stereocenters. The number of rotatable bonds is 2. The van der Waals surface area contributed by atoms with Crippen molar-refractivity contribution >= 4 is 11.9 Å². The van der Waals surface area contributed by atoms with Crippen molar-refractivity contribution < 1.29 is 14.3 Å². The zero-order valence-corrected chi connectivity index (χ0v) is 13.7. The average Bonchev–Trinajstić information content (AvgIpc) is 2.61. The van der Waals surface area contributed by atoms with E-state index >= 15 is 0 Å². The lowest BCUT2D eigenvalue weighted by molar-refractivity contribution is -0.123. The van der Waals surface area contributed by atoms with Crippen LogP contribution in [0.1, 0.15) is 45.6 Å². The minimum Gasteiger partial charge on any atom is -0.444 e. The molecule has 1 fully saturated rings. The van der Waals surface area contributed by atoms with Gasteiger partial charge < -0.3 is 4.74 Å². The van der Waals surface area contributed by atoms with Crippen molar-refractivity contribution in [1.82, 2.24) is 4.90 Å². The molecular formula is C18H25NO3. The van der Waals surface area contributed by atoms with Crippen LogP contribution < -0.4 is 0 Å². The third-order valence-corrected chi connectivity index (χ3v) is 3.72. The van der Waals surface area contributed by atoms with Crippen molar-refractivity contribution in [3.8, 4) is 0 Å². The van der Waals surface area contributed by atoms with Gasteiger partial charge in [0.2, 0.25) is 0 Å². The molecule has 1 aromatic rings. The standard InChI is InChI=1S/C18H25NO3/c1-18(2,3)22-17(21)19-12-8-7-11-16(20)15(19)13-14-9-5-4-6-10-14/h4-6,9-10,15H,7-8,11-13H2,1-3H3. The van der Waals surface area contributed by atoms with Crippen molar-refractivity contribution in [1.29, 1.82) is 0 Å². The second kappa shape index (κ2) is 6.95. The predicted molar refractivity (Wildman–Crippen MR) is 85.7 cm³/mol. The molecule has 0 saturated carbocycles. The van der Waals surface area contributed by atoms with Crippen LogP contribution in [-0.4, -0.2) is 35.0 Å². The molecule has 1 aliphatic heterocycles. The lowest BCUT2D eigenvalue weighted by Gasteiger charge is -2.31. The van der Waals surface area contributed by atoms with Crippen molar-refractivity contribution in [3.05, 3.63) is 35.9 Å². The third-order valence-electron chi connectivity index (χ3n) is 3.72. The minimum absolute atomic E-state index is 0.132. The summed E-state index contributed by atoms with van der Waals surface area (Å²) in [5.41, 5.74) is 0.514. The molecule has 1 saturated heterocycles. The highest BCUT2D eigenvalue weighted by Gasteiger charge is 2.34. The Kier molecular flexibility index (Phi) is 5.22. The monoisotopic (exact) mass is 303 g/mol. The first-order chi connectivity index (χ1) is 10.4. The number of Topliss-reactive ketones (excluding diaryl/α,β-unsaturated/α-hetero) is 1. The smallest absolute Gasteiger partial charge is 0.410 e. The number of ether oxygens (including phenoxy) is 1. The van der Waals surface area contributed by atoms with E-state index in [4.69, 9.17) is 4.74 Å². The number of ketones is 1. The molecule has 0 bridgehead atoms. The Labute approximate surface area is 132 Å². The number of carbonyl (C=O) groups is 2. The molecule has 1 amide bonds. The summed E-state index contributed by atoms with van der Waals surface area (Å²) in [6.07, 6.45) is 2.39. The maximum absolute atomic E-state index is 12.5. The molecule has 4 nitrogen and oxygen atoms in total. The van der Waals surface area contributed by atoms with E-state index in [2.05, 4.69) is 0 Å². The second-order valence-corrected chi connectivity index (χ2v) is 6.80. The molecule has 4 heteroatoms. The van der Waals surface area contributed by atoms with Gasteiger partial charge in [-0.05, 0) is 39.2 Å². The predicted octanol–water partition coefficient (Wildman–Crippen LogP) is 3.59. The van der Waals surface area contributed by atoms with Crippen LogP contribution in [0, 0.1) is 0 Å². The van der Waals surface area contributed by atoms with E-state index < -0.39 is 11.6 Å². The summed E-state index contributed by atoms with van der Waals surface area (Å²) in [7, 11) is 0. The molecular weight excluding hydrogens is 278 g/mol. The highest BCUT2D eigenvalue weighted by atomic mass is 16.6. The SMILES string of the molecule is CC(C)(C)OC(=O)N1CCCCC(=O)C1Cc1ccccc1. The van der Waals surface area contributed by atoms with E-state index in [1.165, 1.54) is 0 Å². The Balaban J connectivity index is 2.19. The van der Waals surface area contributed by atoms with E-state index in [1.54, 1.807) is 4.90 Å². The van der Waals surface area contributed by atoms with Crippen LogP contribution in [0.4, 0.5) is 4.79 Å². The summed E-state index contributed by atoms with van der Waals surface area (Å²) in [6.45, 7) is 6.11. The van der Waals surface area contributed by atoms with E-state index in [1.807, 2.05) is 51.1 Å². The van der Waals surface area contributed by atoms with Crippen molar-refractivity contribution in [3.63, 3.8) is 0 Å². The zero-order valence-electron chi connectivity index (χ0n) is 13.7. The third kappa shape index (κ3) is 4.58. The summed E-state index contributed by atoms with van der Waals surface area (Å²) in [5.74, 6) is 0.132. The molecule has 1 aromatic carbocycles. The van der Waals surface area contributed by atoms with Crippen LogP contribution in [0.25, 0.3) is 0 Å². The van der Waals surface area contributed by atoms with Gasteiger partial charge in [0.1, 0.15) is 5.60 Å². The topological polar surface area (TPSA) is 46.6 Å². The van der Waals surface area contributed by atoms with E-state index in [0.717, 1.165) is 18.4 Å². The van der Waals surface area contributed by atoms with Crippen LogP contribution in [0.5, 0.6) is 0 Å². The van der Waals surface area contributed by atoms with E-state index in [-0.39, 0.29) is 11.9 Å². The fraction of sp³-hybridized carbons (Fsp3) is 0.556. The van der Waals surface area contributed by atoms with Crippen LogP contribution in [-0.2, 0) is 16.0 Å². The first-order valence-corrected chi connectivity index (χ1v) is 7.93. The molecule has 120 valence electrons. The van der Waals surface area contributed by atoms with Gasteiger partial charge in [-0.15, -0.1) is 0 Å². The quantitative estimate of drug-likeness (QED) is 0.839. The molecule has 1 unspecified atom stereocenters. The van der Waals surface area contributed by atoms with Gasteiger partial charge in [-0.2, -0.15) is 0 Å². The van der Waals surface area contributed by atoms with Gasteiger partial charge in [0.05, 0.1) is 6.04 Å². The lowest BCUT2D eigenvalue weighted by atomic mass is 10.00. The maximum Gasteiger partial charge on any atom is 0.410 e. The molecule has 2 rings (SSSR count). The molecule has 0 radical (unpaired) electrons. The van der Waals surface area contributed by atoms with Gasteiger partial charge >= 0.3 is 6.09 Å². The van der Waals surface area contributed by atoms with Gasteiger partial charge in [-0.25, -0.2) is 4.79 Å². The van der Waals surface area contributed by atoms with E-state index in [9.17, 15) is 9.59 Å². The fourth-order valence-electron chi connectivity index (χ4n) is 2.68. The Morgan fingerprint density at radius 1 is 1.23 bits per heavy atom. The molecule has 22 heavy (non-hydrogen) atoms. The van der Waals surface area contributed by atoms with E-state index in [0.29, 0.717) is 19.4 Å². The van der Waals surface area contributed by atoms with Crippen molar-refractivity contribution in [2.45, 2.75) is 58.1 Å². The summed E-state index contributed by atoms with van der Waals surface area (Å²) < 4.78 is 5.48. The van der Waals surface area contributed by atoms with Crippen molar-refractivity contribution in [2.24, 2.45) is 0 Å². The minimum atomic E-state index is -0.552. The Morgan fingerprint density at radius 2 is 1.91 bits per heavy atom. The highest BCUT2D eigenvalue weighted by Crippen LogP contribution is 2.21. The second-order valence-electron chi connectivity index (χ2n) is 6.80. The first kappa shape index (κ1) is 16.5. The number of nitrogens with zero attached hydrogens (tertiary/aromatic N) is 1. The number of likely N-dealkylation sites (tertiary alicyclic amines) is 1. The average molecular weight is 303 g/mol. The van der Waals surface area contributed by atoms with Gasteiger partial charge in [0, 0.05) is 19.4 Å². The molecule has 0 N–H and O–H groups in total. The van der Waals surface area contributed by atoms with Gasteiger partial charge in [0.15, 0.2) is 5.78 Å². The zero-order chi connectivity index (χ0) is 16.2. The summed E-state index contributed by atoms with van der Waals surface area (Å²) in [5, 5.41) is 0. The number of carbonyl (C=O) groups excluding carboxylic acids is 2. The van der Waals surface area contributed by atoms with Crippen LogP contribution in [0.3, 0.4) is 0 Å². The molecule has 0 spiro atoms. The number of benzene rings is 1. The molecule has 1 heterocycles. The summed E-state index contributed by atoms with van der Waals surface area (Å²) in [4.78, 5) is 26.5. The normalized spacial score (nSPS) is 19.7.